The minimum atomic E-state index is -0.388. The van der Waals surface area contributed by atoms with Gasteiger partial charge in [-0.25, -0.2) is 0 Å². The van der Waals surface area contributed by atoms with Crippen LogP contribution < -0.4 is 5.32 Å². The number of carbonyl (C=O) groups excluding carboxylic acids is 2. The molecular weight excluding hydrogens is 336 g/mol. The number of halogens is 1. The molecule has 120 valence electrons. The third-order valence-electron chi connectivity index (χ3n) is 3.25. The summed E-state index contributed by atoms with van der Waals surface area (Å²) in [6.07, 6.45) is 0.173. The van der Waals surface area contributed by atoms with Gasteiger partial charge in [0.05, 0.1) is 29.0 Å². The highest BCUT2D eigenvalue weighted by atomic mass is 35.5. The molecule has 1 heterocycles. The molecule has 0 fully saturated rings. The quantitative estimate of drug-likeness (QED) is 0.826. The van der Waals surface area contributed by atoms with Gasteiger partial charge in [-0.1, -0.05) is 35.5 Å². The first-order valence-electron chi connectivity index (χ1n) is 7.03. The van der Waals surface area contributed by atoms with Crippen LogP contribution in [0.2, 0.25) is 5.02 Å². The smallest absolute Gasteiger partial charge is 0.316 e. The van der Waals surface area contributed by atoms with Gasteiger partial charge < -0.3 is 10.1 Å². The van der Waals surface area contributed by atoms with E-state index in [4.69, 9.17) is 16.3 Å². The van der Waals surface area contributed by atoms with E-state index in [1.165, 1.54) is 0 Å². The Bertz CT molecular complexity index is 697. The van der Waals surface area contributed by atoms with Gasteiger partial charge in [0.2, 0.25) is 5.91 Å². The fourth-order valence-electron chi connectivity index (χ4n) is 2.27. The standard InChI is InChI=1S/C16H15ClN2O3S/c1-2-22-15(21)9-23-16-13(8-18)12(7-14(20)19-16)10-4-3-5-11(17)6-10/h3-6,12H,2,7,9H2,1H3,(H,19,20)/t12-/m0/s1. The first-order chi connectivity index (χ1) is 11.0. The second-order valence-corrected chi connectivity index (χ2v) is 6.23. The number of carbonyl (C=O) groups is 2. The Hall–Kier alpha value is -1.97. The number of hydrogen-bond donors (Lipinski definition) is 1. The van der Waals surface area contributed by atoms with Gasteiger partial charge in [0, 0.05) is 17.4 Å². The number of thioether (sulfide) groups is 1. The average Bonchev–Trinajstić information content (AvgIpc) is 2.52. The molecule has 0 saturated carbocycles. The van der Waals surface area contributed by atoms with Crippen molar-refractivity contribution >= 4 is 35.2 Å². The van der Waals surface area contributed by atoms with E-state index in [0.717, 1.165) is 17.3 Å². The van der Waals surface area contributed by atoms with Crippen LogP contribution >= 0.6 is 23.4 Å². The molecule has 5 nitrogen and oxygen atoms in total. The number of rotatable bonds is 5. The molecule has 1 aliphatic heterocycles. The van der Waals surface area contributed by atoms with Crippen molar-refractivity contribution in [3.63, 3.8) is 0 Å². The number of ether oxygens (including phenoxy) is 1. The Morgan fingerprint density at radius 3 is 3.00 bits per heavy atom. The van der Waals surface area contributed by atoms with E-state index in [-0.39, 0.29) is 30.0 Å². The van der Waals surface area contributed by atoms with Crippen molar-refractivity contribution in [1.29, 1.82) is 5.26 Å². The molecule has 23 heavy (non-hydrogen) atoms. The van der Waals surface area contributed by atoms with E-state index in [0.29, 0.717) is 22.2 Å². The van der Waals surface area contributed by atoms with Gasteiger partial charge in [-0.3, -0.25) is 9.59 Å². The largest absolute Gasteiger partial charge is 0.465 e. The normalized spacial score (nSPS) is 17.4. The van der Waals surface area contributed by atoms with E-state index < -0.39 is 0 Å². The Kier molecular flexibility index (Phi) is 6.08. The molecule has 1 aromatic carbocycles. The first-order valence-corrected chi connectivity index (χ1v) is 8.39. The molecule has 0 spiro atoms. The minimum absolute atomic E-state index is 0.0386. The minimum Gasteiger partial charge on any atom is -0.465 e. The molecule has 2 rings (SSSR count). The molecule has 1 amide bonds. The topological polar surface area (TPSA) is 79.2 Å². The summed E-state index contributed by atoms with van der Waals surface area (Å²) >= 11 is 7.10. The number of nitrogens with one attached hydrogen (secondary N) is 1. The fraction of sp³-hybridized carbons (Fsp3) is 0.312. The van der Waals surface area contributed by atoms with Crippen molar-refractivity contribution in [2.75, 3.05) is 12.4 Å². The van der Waals surface area contributed by atoms with Gasteiger partial charge in [-0.05, 0) is 24.6 Å². The molecule has 0 aliphatic carbocycles. The second-order valence-electron chi connectivity index (χ2n) is 4.81. The third kappa shape index (κ3) is 4.50. The molecule has 7 heteroatoms. The van der Waals surface area contributed by atoms with Crippen LogP contribution in [0.4, 0.5) is 0 Å². The molecule has 1 aromatic rings. The van der Waals surface area contributed by atoms with Crippen LogP contribution in [-0.2, 0) is 14.3 Å². The number of benzene rings is 1. The fourth-order valence-corrected chi connectivity index (χ4v) is 3.35. The lowest BCUT2D eigenvalue weighted by Crippen LogP contribution is -2.31. The number of nitrogens with zero attached hydrogens (tertiary/aromatic N) is 1. The molecule has 1 N–H and O–H groups in total. The Balaban J connectivity index is 2.28. The highest BCUT2D eigenvalue weighted by Gasteiger charge is 2.30. The van der Waals surface area contributed by atoms with Gasteiger partial charge in [-0.15, -0.1) is 0 Å². The number of nitriles is 1. The zero-order valence-electron chi connectivity index (χ0n) is 12.5. The molecule has 1 aliphatic rings. The van der Waals surface area contributed by atoms with E-state index in [1.807, 2.05) is 6.07 Å². The maximum Gasteiger partial charge on any atom is 0.316 e. The molecule has 0 bridgehead atoms. The summed E-state index contributed by atoms with van der Waals surface area (Å²) in [7, 11) is 0. The van der Waals surface area contributed by atoms with Crippen molar-refractivity contribution in [2.24, 2.45) is 0 Å². The van der Waals surface area contributed by atoms with Crippen molar-refractivity contribution < 1.29 is 14.3 Å². The number of esters is 1. The summed E-state index contributed by atoms with van der Waals surface area (Å²) in [6.45, 7) is 2.02. The van der Waals surface area contributed by atoms with Crippen molar-refractivity contribution in [3.05, 3.63) is 45.5 Å². The lowest BCUT2D eigenvalue weighted by molar-refractivity contribution is -0.139. The van der Waals surface area contributed by atoms with Crippen LogP contribution in [0.25, 0.3) is 0 Å². The number of allylic oxidation sites excluding steroid dienone is 1. The Morgan fingerprint density at radius 2 is 2.35 bits per heavy atom. The van der Waals surface area contributed by atoms with Gasteiger partial charge in [0.15, 0.2) is 0 Å². The predicted octanol–water partition coefficient (Wildman–Crippen LogP) is 2.97. The van der Waals surface area contributed by atoms with Gasteiger partial charge >= 0.3 is 5.97 Å². The zero-order chi connectivity index (χ0) is 16.8. The van der Waals surface area contributed by atoms with Crippen molar-refractivity contribution in [2.45, 2.75) is 19.3 Å². The van der Waals surface area contributed by atoms with E-state index >= 15 is 0 Å². The van der Waals surface area contributed by atoms with Crippen LogP contribution in [0.3, 0.4) is 0 Å². The van der Waals surface area contributed by atoms with Gasteiger partial charge in [0.25, 0.3) is 0 Å². The number of hydrogen-bond acceptors (Lipinski definition) is 5. The van der Waals surface area contributed by atoms with Crippen LogP contribution in [0.1, 0.15) is 24.8 Å². The summed E-state index contributed by atoms with van der Waals surface area (Å²) in [6, 6.07) is 9.25. The lowest BCUT2D eigenvalue weighted by Gasteiger charge is -2.25. The molecular formula is C16H15ClN2O3S. The van der Waals surface area contributed by atoms with Gasteiger partial charge in [0.1, 0.15) is 0 Å². The Labute approximate surface area is 143 Å². The number of amides is 1. The monoisotopic (exact) mass is 350 g/mol. The van der Waals surface area contributed by atoms with Crippen LogP contribution in [-0.4, -0.2) is 24.2 Å². The van der Waals surface area contributed by atoms with Crippen molar-refractivity contribution in [3.8, 4) is 6.07 Å². The van der Waals surface area contributed by atoms with E-state index in [1.54, 1.807) is 25.1 Å². The highest BCUT2D eigenvalue weighted by Crippen LogP contribution is 2.36. The summed E-state index contributed by atoms with van der Waals surface area (Å²) in [5.41, 5.74) is 1.24. The SMILES string of the molecule is CCOC(=O)CSC1=C(C#N)[C@H](c2cccc(Cl)c2)CC(=O)N1. The molecule has 0 radical (unpaired) electrons. The lowest BCUT2D eigenvalue weighted by atomic mass is 9.87. The maximum atomic E-state index is 12.0. The molecule has 0 aromatic heterocycles. The predicted molar refractivity (Wildman–Crippen MR) is 88.7 cm³/mol. The third-order valence-corrected chi connectivity index (χ3v) is 4.47. The average molecular weight is 351 g/mol. The molecule has 0 saturated heterocycles. The van der Waals surface area contributed by atoms with Crippen LogP contribution in [0.5, 0.6) is 0 Å². The maximum absolute atomic E-state index is 12.0. The molecule has 0 unspecified atom stereocenters. The van der Waals surface area contributed by atoms with Crippen LogP contribution in [0, 0.1) is 11.3 Å². The van der Waals surface area contributed by atoms with E-state index in [9.17, 15) is 14.9 Å². The summed E-state index contributed by atoms with van der Waals surface area (Å²) < 4.78 is 4.86. The summed E-state index contributed by atoms with van der Waals surface area (Å²) in [5.74, 6) is -0.907. The first kappa shape index (κ1) is 17.4. The summed E-state index contributed by atoms with van der Waals surface area (Å²) in [4.78, 5) is 23.4. The van der Waals surface area contributed by atoms with Crippen LogP contribution in [0.15, 0.2) is 34.9 Å². The van der Waals surface area contributed by atoms with Gasteiger partial charge in [-0.2, -0.15) is 5.26 Å². The zero-order valence-corrected chi connectivity index (χ0v) is 14.0. The van der Waals surface area contributed by atoms with Crippen molar-refractivity contribution in [1.82, 2.24) is 5.32 Å². The van der Waals surface area contributed by atoms with E-state index in [2.05, 4.69) is 11.4 Å². The highest BCUT2D eigenvalue weighted by molar-refractivity contribution is 8.03. The second kappa shape index (κ2) is 8.04. The molecule has 1 atom stereocenters. The summed E-state index contributed by atoms with van der Waals surface area (Å²) in [5, 5.41) is 13.1. The Morgan fingerprint density at radius 1 is 1.57 bits per heavy atom.